The third-order valence-corrected chi connectivity index (χ3v) is 1.74. The van der Waals surface area contributed by atoms with E-state index >= 15 is 0 Å². The SMILES string of the molecule is CCNCc1c(O)cc(O)cc1O. The van der Waals surface area contributed by atoms with Crippen LogP contribution in [0.4, 0.5) is 0 Å². The molecule has 1 aromatic rings. The van der Waals surface area contributed by atoms with Gasteiger partial charge in [-0.15, -0.1) is 0 Å². The summed E-state index contributed by atoms with van der Waals surface area (Å²) in [5, 5.41) is 30.6. The third-order valence-electron chi connectivity index (χ3n) is 1.74. The molecule has 4 heteroatoms. The first kappa shape index (κ1) is 9.67. The summed E-state index contributed by atoms with van der Waals surface area (Å²) >= 11 is 0. The lowest BCUT2D eigenvalue weighted by atomic mass is 10.1. The molecule has 0 aliphatic rings. The van der Waals surface area contributed by atoms with Crippen LogP contribution in [0.5, 0.6) is 17.2 Å². The molecule has 0 aliphatic carbocycles. The van der Waals surface area contributed by atoms with Gasteiger partial charge in [-0.3, -0.25) is 0 Å². The van der Waals surface area contributed by atoms with Crippen LogP contribution in [0.3, 0.4) is 0 Å². The van der Waals surface area contributed by atoms with Crippen LogP contribution >= 0.6 is 0 Å². The lowest BCUT2D eigenvalue weighted by Gasteiger charge is -2.07. The molecule has 0 heterocycles. The van der Waals surface area contributed by atoms with Crippen molar-refractivity contribution in [2.45, 2.75) is 13.5 Å². The quantitative estimate of drug-likeness (QED) is 0.562. The Kier molecular flexibility index (Phi) is 2.97. The fourth-order valence-electron chi connectivity index (χ4n) is 1.06. The van der Waals surface area contributed by atoms with Crippen LogP contribution in [0, 0.1) is 0 Å². The number of hydrogen-bond donors (Lipinski definition) is 4. The van der Waals surface area contributed by atoms with Gasteiger partial charge in [-0.25, -0.2) is 0 Å². The number of benzene rings is 1. The van der Waals surface area contributed by atoms with E-state index in [2.05, 4.69) is 5.32 Å². The van der Waals surface area contributed by atoms with E-state index in [4.69, 9.17) is 5.11 Å². The second kappa shape index (κ2) is 4.00. The van der Waals surface area contributed by atoms with Crippen molar-refractivity contribution >= 4 is 0 Å². The summed E-state index contributed by atoms with van der Waals surface area (Å²) in [7, 11) is 0. The molecule has 72 valence electrons. The summed E-state index contributed by atoms with van der Waals surface area (Å²) in [4.78, 5) is 0. The molecule has 0 amide bonds. The Morgan fingerprint density at radius 2 is 1.69 bits per heavy atom. The molecule has 0 unspecified atom stereocenters. The van der Waals surface area contributed by atoms with Crippen molar-refractivity contribution in [3.05, 3.63) is 17.7 Å². The van der Waals surface area contributed by atoms with Gasteiger partial charge in [-0.1, -0.05) is 6.92 Å². The largest absolute Gasteiger partial charge is 0.508 e. The summed E-state index contributed by atoms with van der Waals surface area (Å²) in [5.41, 5.74) is 0.402. The van der Waals surface area contributed by atoms with Crippen molar-refractivity contribution in [1.82, 2.24) is 5.32 Å². The molecule has 1 rings (SSSR count). The topological polar surface area (TPSA) is 72.7 Å². The first-order chi connectivity index (χ1) is 6.15. The van der Waals surface area contributed by atoms with E-state index in [1.54, 1.807) is 0 Å². The molecule has 0 atom stereocenters. The van der Waals surface area contributed by atoms with Gasteiger partial charge in [0.15, 0.2) is 0 Å². The van der Waals surface area contributed by atoms with E-state index in [0.717, 1.165) is 6.54 Å². The Hall–Kier alpha value is -1.42. The standard InChI is InChI=1S/C9H13NO3/c1-2-10-5-7-8(12)3-6(11)4-9(7)13/h3-4,10-13H,2,5H2,1H3. The highest BCUT2D eigenvalue weighted by molar-refractivity contribution is 5.48. The zero-order chi connectivity index (χ0) is 9.84. The summed E-state index contributed by atoms with van der Waals surface area (Å²) in [6.07, 6.45) is 0. The van der Waals surface area contributed by atoms with Crippen molar-refractivity contribution in [2.75, 3.05) is 6.54 Å². The van der Waals surface area contributed by atoms with Gasteiger partial charge in [0, 0.05) is 24.2 Å². The molecular formula is C9H13NO3. The second-order valence-electron chi connectivity index (χ2n) is 2.74. The van der Waals surface area contributed by atoms with Gasteiger partial charge in [-0.2, -0.15) is 0 Å². The Bertz CT molecular complexity index is 276. The number of nitrogens with one attached hydrogen (secondary N) is 1. The van der Waals surface area contributed by atoms with Crippen LogP contribution in [-0.4, -0.2) is 21.9 Å². The maximum absolute atomic E-state index is 9.34. The first-order valence-electron chi connectivity index (χ1n) is 4.09. The number of phenolic OH excluding ortho intramolecular Hbond substituents is 3. The van der Waals surface area contributed by atoms with Gasteiger partial charge in [-0.05, 0) is 6.54 Å². The van der Waals surface area contributed by atoms with Crippen molar-refractivity contribution in [3.63, 3.8) is 0 Å². The normalized spacial score (nSPS) is 10.2. The summed E-state index contributed by atoms with van der Waals surface area (Å²) in [5.74, 6) is -0.341. The minimum Gasteiger partial charge on any atom is -0.508 e. The predicted octanol–water partition coefficient (Wildman–Crippen LogP) is 0.913. The predicted molar refractivity (Wildman–Crippen MR) is 48.8 cm³/mol. The minimum atomic E-state index is -0.143. The Morgan fingerprint density at radius 3 is 2.15 bits per heavy atom. The molecule has 13 heavy (non-hydrogen) atoms. The fraction of sp³-hybridized carbons (Fsp3) is 0.333. The van der Waals surface area contributed by atoms with Crippen molar-refractivity contribution in [2.24, 2.45) is 0 Å². The van der Waals surface area contributed by atoms with Crippen molar-refractivity contribution < 1.29 is 15.3 Å². The summed E-state index contributed by atoms with van der Waals surface area (Å²) in [6.45, 7) is 3.06. The highest BCUT2D eigenvalue weighted by Gasteiger charge is 2.08. The molecule has 1 aromatic carbocycles. The van der Waals surface area contributed by atoms with E-state index in [1.807, 2.05) is 6.92 Å². The fourth-order valence-corrected chi connectivity index (χ4v) is 1.06. The van der Waals surface area contributed by atoms with Gasteiger partial charge >= 0.3 is 0 Å². The molecule has 0 fully saturated rings. The monoisotopic (exact) mass is 183 g/mol. The van der Waals surface area contributed by atoms with Crippen LogP contribution in [0.15, 0.2) is 12.1 Å². The number of rotatable bonds is 3. The van der Waals surface area contributed by atoms with E-state index in [0.29, 0.717) is 12.1 Å². The van der Waals surface area contributed by atoms with Gasteiger partial charge in [0.1, 0.15) is 17.2 Å². The molecule has 0 saturated carbocycles. The first-order valence-corrected chi connectivity index (χ1v) is 4.09. The Labute approximate surface area is 76.5 Å². The van der Waals surface area contributed by atoms with E-state index in [1.165, 1.54) is 12.1 Å². The Morgan fingerprint density at radius 1 is 1.15 bits per heavy atom. The second-order valence-corrected chi connectivity index (χ2v) is 2.74. The molecular weight excluding hydrogens is 170 g/mol. The lowest BCUT2D eigenvalue weighted by molar-refractivity contribution is 0.416. The smallest absolute Gasteiger partial charge is 0.127 e. The molecule has 0 saturated heterocycles. The number of aromatic hydroxyl groups is 3. The van der Waals surface area contributed by atoms with Gasteiger partial charge < -0.3 is 20.6 Å². The van der Waals surface area contributed by atoms with Crippen LogP contribution < -0.4 is 5.32 Å². The minimum absolute atomic E-state index is 0.0987. The molecule has 4 nitrogen and oxygen atoms in total. The van der Waals surface area contributed by atoms with Crippen LogP contribution in [0.25, 0.3) is 0 Å². The molecule has 0 bridgehead atoms. The Balaban J connectivity index is 2.92. The van der Waals surface area contributed by atoms with Crippen molar-refractivity contribution in [3.8, 4) is 17.2 Å². The third kappa shape index (κ3) is 2.26. The zero-order valence-electron chi connectivity index (χ0n) is 7.41. The highest BCUT2D eigenvalue weighted by Crippen LogP contribution is 2.31. The van der Waals surface area contributed by atoms with Crippen LogP contribution in [-0.2, 0) is 6.54 Å². The van der Waals surface area contributed by atoms with Gasteiger partial charge in [0.25, 0.3) is 0 Å². The van der Waals surface area contributed by atoms with Gasteiger partial charge in [0.2, 0.25) is 0 Å². The number of phenols is 3. The maximum atomic E-state index is 9.34. The molecule has 0 aromatic heterocycles. The zero-order valence-corrected chi connectivity index (χ0v) is 7.41. The number of hydrogen-bond acceptors (Lipinski definition) is 4. The van der Waals surface area contributed by atoms with E-state index < -0.39 is 0 Å². The van der Waals surface area contributed by atoms with Crippen molar-refractivity contribution in [1.29, 1.82) is 0 Å². The average Bonchev–Trinajstić information content (AvgIpc) is 2.02. The molecule has 4 N–H and O–H groups in total. The molecule has 0 radical (unpaired) electrons. The van der Waals surface area contributed by atoms with E-state index in [-0.39, 0.29) is 17.2 Å². The average molecular weight is 183 g/mol. The van der Waals surface area contributed by atoms with Crippen LogP contribution in [0.1, 0.15) is 12.5 Å². The van der Waals surface area contributed by atoms with E-state index in [9.17, 15) is 10.2 Å². The lowest BCUT2D eigenvalue weighted by Crippen LogP contribution is -2.11. The maximum Gasteiger partial charge on any atom is 0.127 e. The molecule has 0 aliphatic heterocycles. The molecule has 0 spiro atoms. The summed E-state index contributed by atoms with van der Waals surface area (Å²) < 4.78 is 0. The van der Waals surface area contributed by atoms with Crippen LogP contribution in [0.2, 0.25) is 0 Å². The van der Waals surface area contributed by atoms with Gasteiger partial charge in [0.05, 0.1) is 0 Å². The highest BCUT2D eigenvalue weighted by atomic mass is 16.3. The summed E-state index contributed by atoms with van der Waals surface area (Å²) in [6, 6.07) is 2.40.